The van der Waals surface area contributed by atoms with Crippen LogP contribution in [0.1, 0.15) is 32.1 Å². The molecule has 0 aromatic rings. The van der Waals surface area contributed by atoms with Gasteiger partial charge in [-0.25, -0.2) is 0 Å². The molecule has 0 fully saturated rings. The first-order valence-corrected chi connectivity index (χ1v) is 13.6. The third kappa shape index (κ3) is 6.31. The normalized spacial score (nSPS) is 18.9. The Morgan fingerprint density at radius 1 is 0.647 bits per heavy atom. The number of hydrogen-bond acceptors (Lipinski definition) is 2. The van der Waals surface area contributed by atoms with Crippen molar-refractivity contribution in [1.29, 1.82) is 0 Å². The van der Waals surface area contributed by atoms with Crippen molar-refractivity contribution in [3.63, 3.8) is 0 Å². The standard InChI is InChI=1S/C13H28O2Si2/c1-16(2,3)14-12-10-8-7-9-11-13(12)15-17(4,5)6/h7-11H2,1-6H3. The van der Waals surface area contributed by atoms with E-state index in [4.69, 9.17) is 8.85 Å². The molecule has 0 heterocycles. The maximum Gasteiger partial charge on any atom is 0.241 e. The maximum atomic E-state index is 6.23. The highest BCUT2D eigenvalue weighted by molar-refractivity contribution is 6.70. The van der Waals surface area contributed by atoms with Crippen LogP contribution in [0.2, 0.25) is 39.3 Å². The lowest BCUT2D eigenvalue weighted by Crippen LogP contribution is -2.29. The van der Waals surface area contributed by atoms with Crippen LogP contribution in [0.3, 0.4) is 0 Å². The Balaban J connectivity index is 2.86. The van der Waals surface area contributed by atoms with Crippen molar-refractivity contribution in [3.05, 3.63) is 11.5 Å². The van der Waals surface area contributed by atoms with Crippen molar-refractivity contribution in [2.24, 2.45) is 0 Å². The summed E-state index contributed by atoms with van der Waals surface area (Å²) in [5.74, 6) is 2.34. The molecule has 0 N–H and O–H groups in total. The Hall–Kier alpha value is -0.226. The van der Waals surface area contributed by atoms with Gasteiger partial charge in [0, 0.05) is 12.8 Å². The van der Waals surface area contributed by atoms with Gasteiger partial charge in [0.25, 0.3) is 0 Å². The van der Waals surface area contributed by atoms with Gasteiger partial charge in [0.15, 0.2) is 0 Å². The summed E-state index contributed by atoms with van der Waals surface area (Å²) in [6, 6.07) is 0. The summed E-state index contributed by atoms with van der Waals surface area (Å²) < 4.78 is 12.5. The van der Waals surface area contributed by atoms with Crippen molar-refractivity contribution in [1.82, 2.24) is 0 Å². The highest BCUT2D eigenvalue weighted by Crippen LogP contribution is 2.29. The van der Waals surface area contributed by atoms with Gasteiger partial charge in [0.1, 0.15) is 11.5 Å². The fourth-order valence-corrected chi connectivity index (χ4v) is 3.89. The summed E-state index contributed by atoms with van der Waals surface area (Å²) in [7, 11) is -3.01. The summed E-state index contributed by atoms with van der Waals surface area (Å²) >= 11 is 0. The molecule has 0 bridgehead atoms. The Bertz CT molecular complexity index is 257. The Morgan fingerprint density at radius 2 is 1.00 bits per heavy atom. The van der Waals surface area contributed by atoms with Gasteiger partial charge in [-0.2, -0.15) is 0 Å². The fraction of sp³-hybridized carbons (Fsp3) is 0.846. The Kier molecular flexibility index (Phi) is 4.89. The second-order valence-corrected chi connectivity index (χ2v) is 15.7. The van der Waals surface area contributed by atoms with E-state index in [1.54, 1.807) is 0 Å². The molecule has 0 spiro atoms. The van der Waals surface area contributed by atoms with Gasteiger partial charge in [-0.1, -0.05) is 6.42 Å². The van der Waals surface area contributed by atoms with Crippen LogP contribution in [-0.4, -0.2) is 16.6 Å². The van der Waals surface area contributed by atoms with Gasteiger partial charge in [-0.3, -0.25) is 0 Å². The van der Waals surface area contributed by atoms with Crippen molar-refractivity contribution in [2.45, 2.75) is 71.4 Å². The van der Waals surface area contributed by atoms with E-state index in [2.05, 4.69) is 39.3 Å². The molecule has 0 atom stereocenters. The minimum Gasteiger partial charge on any atom is -0.545 e. The molecule has 1 rings (SSSR count). The molecular formula is C13H28O2Si2. The first kappa shape index (κ1) is 14.8. The van der Waals surface area contributed by atoms with E-state index in [1.165, 1.54) is 30.8 Å². The van der Waals surface area contributed by atoms with Crippen molar-refractivity contribution < 1.29 is 8.85 Å². The van der Waals surface area contributed by atoms with Crippen molar-refractivity contribution in [3.8, 4) is 0 Å². The Morgan fingerprint density at radius 3 is 1.29 bits per heavy atom. The van der Waals surface area contributed by atoms with Crippen molar-refractivity contribution >= 4 is 16.6 Å². The molecular weight excluding hydrogens is 244 g/mol. The molecule has 2 nitrogen and oxygen atoms in total. The number of allylic oxidation sites excluding steroid dienone is 2. The second kappa shape index (κ2) is 5.61. The zero-order valence-electron chi connectivity index (χ0n) is 12.4. The smallest absolute Gasteiger partial charge is 0.241 e. The van der Waals surface area contributed by atoms with Gasteiger partial charge >= 0.3 is 0 Å². The third-order valence-corrected chi connectivity index (χ3v) is 4.19. The quantitative estimate of drug-likeness (QED) is 0.680. The lowest BCUT2D eigenvalue weighted by Gasteiger charge is -2.27. The molecule has 17 heavy (non-hydrogen) atoms. The first-order valence-electron chi connectivity index (χ1n) is 6.77. The largest absolute Gasteiger partial charge is 0.545 e. The minimum atomic E-state index is -1.51. The van der Waals surface area contributed by atoms with Gasteiger partial charge in [0.05, 0.1) is 0 Å². The fourth-order valence-electron chi connectivity index (χ4n) is 1.98. The zero-order valence-corrected chi connectivity index (χ0v) is 14.4. The summed E-state index contributed by atoms with van der Waals surface area (Å²) in [6.07, 6.45) is 5.95. The molecule has 0 aromatic heterocycles. The molecule has 0 saturated carbocycles. The summed E-state index contributed by atoms with van der Waals surface area (Å²) in [5, 5.41) is 0. The van der Waals surface area contributed by atoms with Gasteiger partial charge < -0.3 is 8.85 Å². The van der Waals surface area contributed by atoms with Gasteiger partial charge in [0.2, 0.25) is 16.6 Å². The second-order valence-electron chi connectivity index (χ2n) is 6.84. The summed E-state index contributed by atoms with van der Waals surface area (Å²) in [5.41, 5.74) is 0. The molecule has 0 aromatic carbocycles. The van der Waals surface area contributed by atoms with Crippen molar-refractivity contribution in [2.75, 3.05) is 0 Å². The average molecular weight is 273 g/mol. The van der Waals surface area contributed by atoms with E-state index in [9.17, 15) is 0 Å². The van der Waals surface area contributed by atoms with Crippen LogP contribution in [0.4, 0.5) is 0 Å². The lowest BCUT2D eigenvalue weighted by atomic mass is 10.2. The van der Waals surface area contributed by atoms with E-state index in [1.807, 2.05) is 0 Å². The molecule has 100 valence electrons. The highest BCUT2D eigenvalue weighted by Gasteiger charge is 2.25. The van der Waals surface area contributed by atoms with E-state index in [0.29, 0.717) is 0 Å². The Labute approximate surface area is 109 Å². The SMILES string of the molecule is C[Si](C)(C)OC1=C(O[Si](C)(C)C)CCCCC1. The van der Waals surface area contributed by atoms with E-state index < -0.39 is 16.6 Å². The number of rotatable bonds is 4. The van der Waals surface area contributed by atoms with E-state index in [-0.39, 0.29) is 0 Å². The minimum absolute atomic E-state index is 1.07. The molecule has 1 aliphatic carbocycles. The molecule has 0 radical (unpaired) electrons. The predicted molar refractivity (Wildman–Crippen MR) is 79.0 cm³/mol. The molecule has 0 unspecified atom stereocenters. The van der Waals surface area contributed by atoms with E-state index >= 15 is 0 Å². The number of hydrogen-bond donors (Lipinski definition) is 0. The van der Waals surface area contributed by atoms with Crippen LogP contribution < -0.4 is 0 Å². The lowest BCUT2D eigenvalue weighted by molar-refractivity contribution is 0.321. The summed E-state index contributed by atoms with van der Waals surface area (Å²) in [4.78, 5) is 0. The molecule has 4 heteroatoms. The molecule has 0 saturated heterocycles. The van der Waals surface area contributed by atoms with Gasteiger partial charge in [-0.05, 0) is 52.1 Å². The maximum absolute atomic E-state index is 6.23. The molecule has 1 aliphatic rings. The zero-order chi connectivity index (χ0) is 13.1. The predicted octanol–water partition coefficient (Wildman–Crippen LogP) is 4.87. The van der Waals surface area contributed by atoms with Crippen LogP contribution in [0.25, 0.3) is 0 Å². The molecule has 0 aliphatic heterocycles. The average Bonchev–Trinajstić information content (AvgIpc) is 2.27. The summed E-state index contributed by atoms with van der Waals surface area (Å²) in [6.45, 7) is 13.5. The first-order chi connectivity index (χ1) is 7.67. The third-order valence-electron chi connectivity index (χ3n) is 2.48. The molecule has 0 amide bonds. The van der Waals surface area contributed by atoms with Gasteiger partial charge in [-0.15, -0.1) is 0 Å². The topological polar surface area (TPSA) is 18.5 Å². The van der Waals surface area contributed by atoms with Crippen LogP contribution in [0.5, 0.6) is 0 Å². The van der Waals surface area contributed by atoms with Crippen LogP contribution in [0.15, 0.2) is 11.5 Å². The monoisotopic (exact) mass is 272 g/mol. The van der Waals surface area contributed by atoms with Crippen LogP contribution >= 0.6 is 0 Å². The van der Waals surface area contributed by atoms with Crippen LogP contribution in [-0.2, 0) is 8.85 Å². The van der Waals surface area contributed by atoms with E-state index in [0.717, 1.165) is 12.8 Å². The highest BCUT2D eigenvalue weighted by atomic mass is 28.4. The van der Waals surface area contributed by atoms with Crippen LogP contribution in [0, 0.1) is 0 Å².